The van der Waals surface area contributed by atoms with Crippen LogP contribution in [0.5, 0.6) is 5.75 Å². The monoisotopic (exact) mass is 465 g/mol. The normalized spacial score (nSPS) is 20.4. The number of rotatable bonds is 6. The zero-order valence-electron chi connectivity index (χ0n) is 19.3. The summed E-state index contributed by atoms with van der Waals surface area (Å²) in [5.74, 6) is 0.512. The number of nitrogens with zero attached hydrogens (tertiary/aromatic N) is 1. The first kappa shape index (κ1) is 23.5. The Hall–Kier alpha value is -2.67. The van der Waals surface area contributed by atoms with Crippen molar-refractivity contribution in [3.8, 4) is 5.75 Å². The van der Waals surface area contributed by atoms with Crippen molar-refractivity contribution >= 4 is 10.0 Å². The molecule has 6 heteroatoms. The molecule has 1 saturated heterocycles. The van der Waals surface area contributed by atoms with Gasteiger partial charge in [0, 0.05) is 19.0 Å². The number of hydrogen-bond donors (Lipinski definition) is 1. The van der Waals surface area contributed by atoms with Gasteiger partial charge in [-0.25, -0.2) is 8.42 Å². The van der Waals surface area contributed by atoms with Gasteiger partial charge in [0.15, 0.2) is 0 Å². The number of methoxy groups -OCH3 is 1. The van der Waals surface area contributed by atoms with E-state index in [-0.39, 0.29) is 18.4 Å². The van der Waals surface area contributed by atoms with Gasteiger partial charge in [-0.2, -0.15) is 4.31 Å². The SMILES string of the molecule is COc1ccc([C@H]2CCN(S(=O)(=O)c3ccc(C)cc3)C[C@@H]2[C@@H](O)c2ccccc2C)cc1. The summed E-state index contributed by atoms with van der Waals surface area (Å²) >= 11 is 0. The van der Waals surface area contributed by atoms with Crippen LogP contribution in [0.2, 0.25) is 0 Å². The number of sulfonamides is 1. The van der Waals surface area contributed by atoms with E-state index in [1.807, 2.05) is 74.5 Å². The van der Waals surface area contributed by atoms with E-state index in [9.17, 15) is 13.5 Å². The van der Waals surface area contributed by atoms with Gasteiger partial charge < -0.3 is 9.84 Å². The molecule has 1 heterocycles. The van der Waals surface area contributed by atoms with Gasteiger partial charge in [-0.15, -0.1) is 0 Å². The van der Waals surface area contributed by atoms with Gasteiger partial charge in [0.05, 0.1) is 18.1 Å². The largest absolute Gasteiger partial charge is 0.497 e. The minimum absolute atomic E-state index is 0.0231. The second-order valence-electron chi connectivity index (χ2n) is 8.81. The summed E-state index contributed by atoms with van der Waals surface area (Å²) in [4.78, 5) is 0.292. The number of piperidine rings is 1. The number of ether oxygens (including phenoxy) is 1. The van der Waals surface area contributed by atoms with E-state index < -0.39 is 16.1 Å². The highest BCUT2D eigenvalue weighted by Crippen LogP contribution is 2.42. The molecule has 0 saturated carbocycles. The van der Waals surface area contributed by atoms with E-state index in [4.69, 9.17) is 4.74 Å². The molecule has 0 bridgehead atoms. The van der Waals surface area contributed by atoms with Crippen LogP contribution in [-0.2, 0) is 10.0 Å². The van der Waals surface area contributed by atoms with E-state index in [1.165, 1.54) is 4.31 Å². The minimum atomic E-state index is -3.65. The summed E-state index contributed by atoms with van der Waals surface area (Å²) in [6, 6.07) is 22.6. The fourth-order valence-corrected chi connectivity index (χ4v) is 6.25. The molecule has 3 atom stereocenters. The quantitative estimate of drug-likeness (QED) is 0.566. The highest BCUT2D eigenvalue weighted by Gasteiger charge is 2.40. The van der Waals surface area contributed by atoms with Gasteiger partial charge in [0.1, 0.15) is 5.75 Å². The Balaban J connectivity index is 1.69. The predicted molar refractivity (Wildman–Crippen MR) is 130 cm³/mol. The lowest BCUT2D eigenvalue weighted by molar-refractivity contribution is 0.0583. The Bertz CT molecular complexity index is 1190. The number of aliphatic hydroxyl groups is 1. The van der Waals surface area contributed by atoms with Crippen LogP contribution in [0, 0.1) is 19.8 Å². The van der Waals surface area contributed by atoms with E-state index in [0.29, 0.717) is 17.9 Å². The molecule has 1 aliphatic rings. The molecule has 4 rings (SSSR count). The van der Waals surface area contributed by atoms with Crippen molar-refractivity contribution < 1.29 is 18.3 Å². The Kier molecular flexibility index (Phi) is 6.88. The Labute approximate surface area is 196 Å². The Morgan fingerprint density at radius 2 is 1.64 bits per heavy atom. The van der Waals surface area contributed by atoms with Crippen molar-refractivity contribution in [2.45, 2.75) is 37.2 Å². The predicted octanol–water partition coefficient (Wildman–Crippen LogP) is 4.84. The van der Waals surface area contributed by atoms with Crippen molar-refractivity contribution in [2.24, 2.45) is 5.92 Å². The topological polar surface area (TPSA) is 66.8 Å². The maximum Gasteiger partial charge on any atom is 0.243 e. The molecule has 0 spiro atoms. The van der Waals surface area contributed by atoms with Gasteiger partial charge in [-0.3, -0.25) is 0 Å². The van der Waals surface area contributed by atoms with Crippen LogP contribution in [0.1, 0.15) is 40.7 Å². The minimum Gasteiger partial charge on any atom is -0.497 e. The van der Waals surface area contributed by atoms with Crippen molar-refractivity contribution in [2.75, 3.05) is 20.2 Å². The van der Waals surface area contributed by atoms with Crippen LogP contribution in [0.25, 0.3) is 0 Å². The van der Waals surface area contributed by atoms with Crippen LogP contribution in [0.4, 0.5) is 0 Å². The summed E-state index contributed by atoms with van der Waals surface area (Å²) in [6.45, 7) is 4.57. The van der Waals surface area contributed by atoms with Crippen molar-refractivity contribution in [1.29, 1.82) is 0 Å². The van der Waals surface area contributed by atoms with Crippen LogP contribution in [0.15, 0.2) is 77.7 Å². The fraction of sp³-hybridized carbons (Fsp3) is 0.333. The van der Waals surface area contributed by atoms with Gasteiger partial charge >= 0.3 is 0 Å². The number of aryl methyl sites for hydroxylation is 2. The first-order valence-corrected chi connectivity index (χ1v) is 12.7. The molecule has 33 heavy (non-hydrogen) atoms. The van der Waals surface area contributed by atoms with E-state index in [0.717, 1.165) is 28.0 Å². The van der Waals surface area contributed by atoms with Crippen LogP contribution in [-0.4, -0.2) is 38.0 Å². The van der Waals surface area contributed by atoms with Gasteiger partial charge in [0.25, 0.3) is 0 Å². The molecule has 3 aromatic rings. The molecule has 174 valence electrons. The lowest BCUT2D eigenvalue weighted by atomic mass is 9.76. The maximum atomic E-state index is 13.4. The second kappa shape index (κ2) is 9.67. The third-order valence-corrected chi connectivity index (χ3v) is 8.62. The first-order chi connectivity index (χ1) is 15.8. The third kappa shape index (κ3) is 4.83. The zero-order chi connectivity index (χ0) is 23.6. The third-order valence-electron chi connectivity index (χ3n) is 6.74. The number of hydrogen-bond acceptors (Lipinski definition) is 4. The number of benzene rings is 3. The van der Waals surface area contributed by atoms with E-state index in [1.54, 1.807) is 19.2 Å². The summed E-state index contributed by atoms with van der Waals surface area (Å²) in [6.07, 6.45) is -0.153. The van der Waals surface area contributed by atoms with Gasteiger partial charge in [-0.1, -0.05) is 54.1 Å². The van der Waals surface area contributed by atoms with Crippen LogP contribution >= 0.6 is 0 Å². The van der Waals surface area contributed by atoms with Crippen molar-refractivity contribution in [3.63, 3.8) is 0 Å². The Morgan fingerprint density at radius 3 is 2.27 bits per heavy atom. The number of aliphatic hydroxyl groups excluding tert-OH is 1. The smallest absolute Gasteiger partial charge is 0.243 e. The van der Waals surface area contributed by atoms with E-state index >= 15 is 0 Å². The Morgan fingerprint density at radius 1 is 0.970 bits per heavy atom. The summed E-state index contributed by atoms with van der Waals surface area (Å²) in [5, 5.41) is 11.5. The first-order valence-electron chi connectivity index (χ1n) is 11.3. The van der Waals surface area contributed by atoms with Crippen molar-refractivity contribution in [3.05, 3.63) is 95.1 Å². The maximum absolute atomic E-state index is 13.4. The van der Waals surface area contributed by atoms with Gasteiger partial charge in [0.2, 0.25) is 10.0 Å². The molecule has 1 N–H and O–H groups in total. The molecule has 0 amide bonds. The second-order valence-corrected chi connectivity index (χ2v) is 10.7. The highest BCUT2D eigenvalue weighted by molar-refractivity contribution is 7.89. The zero-order valence-corrected chi connectivity index (χ0v) is 20.1. The molecule has 1 aliphatic heterocycles. The fourth-order valence-electron chi connectivity index (χ4n) is 4.76. The molecular formula is C27H31NO4S. The summed E-state index contributed by atoms with van der Waals surface area (Å²) < 4.78 is 33.7. The van der Waals surface area contributed by atoms with Crippen LogP contribution in [0.3, 0.4) is 0 Å². The van der Waals surface area contributed by atoms with Crippen LogP contribution < -0.4 is 4.74 Å². The highest BCUT2D eigenvalue weighted by atomic mass is 32.2. The summed E-state index contributed by atoms with van der Waals surface area (Å²) in [5.41, 5.74) is 3.94. The molecule has 0 aromatic heterocycles. The summed E-state index contributed by atoms with van der Waals surface area (Å²) in [7, 11) is -2.02. The molecule has 5 nitrogen and oxygen atoms in total. The van der Waals surface area contributed by atoms with Gasteiger partial charge in [-0.05, 0) is 67.1 Å². The molecule has 0 aliphatic carbocycles. The van der Waals surface area contributed by atoms with E-state index in [2.05, 4.69) is 0 Å². The molecule has 0 unspecified atom stereocenters. The molecule has 0 radical (unpaired) electrons. The lowest BCUT2D eigenvalue weighted by Gasteiger charge is -2.40. The average Bonchev–Trinajstić information content (AvgIpc) is 2.84. The molecular weight excluding hydrogens is 434 g/mol. The molecule has 3 aromatic carbocycles. The molecule has 1 fully saturated rings. The standard InChI is InChI=1S/C27H31NO4S/c1-19-8-14-23(15-9-19)33(30,31)28-17-16-25(21-10-12-22(32-3)13-11-21)26(18-28)27(29)24-7-5-4-6-20(24)2/h4-15,25-27,29H,16-18H2,1-3H3/t25-,26+,27+/m1/s1. The lowest BCUT2D eigenvalue weighted by Crippen LogP contribution is -2.45. The van der Waals surface area contributed by atoms with Crippen molar-refractivity contribution in [1.82, 2.24) is 4.31 Å². The average molecular weight is 466 g/mol.